The molecule has 1 unspecified atom stereocenters. The first-order valence-corrected chi connectivity index (χ1v) is 9.35. The fourth-order valence-electron chi connectivity index (χ4n) is 3.00. The van der Waals surface area contributed by atoms with Crippen molar-refractivity contribution >= 4 is 23.2 Å². The second-order valence-corrected chi connectivity index (χ2v) is 7.05. The quantitative estimate of drug-likeness (QED) is 0.616. The van der Waals surface area contributed by atoms with E-state index in [1.807, 2.05) is 57.2 Å². The largest absolute Gasteiger partial charge is 0.481 e. The Bertz CT molecular complexity index is 950. The molecule has 1 heterocycles. The number of anilines is 1. The predicted molar refractivity (Wildman–Crippen MR) is 110 cm³/mol. The van der Waals surface area contributed by atoms with Crippen LogP contribution in [0.15, 0.2) is 41.5 Å². The Labute approximate surface area is 165 Å². The Morgan fingerprint density at radius 2 is 2.00 bits per heavy atom. The summed E-state index contributed by atoms with van der Waals surface area (Å²) in [4.78, 5) is 23.8. The highest BCUT2D eigenvalue weighted by molar-refractivity contribution is 6.01. The van der Waals surface area contributed by atoms with Crippen LogP contribution in [-0.2, 0) is 16.0 Å². The number of hydrogen-bond donors (Lipinski definition) is 2. The molecule has 2 amide bonds. The van der Waals surface area contributed by atoms with Crippen LogP contribution in [0, 0.1) is 13.8 Å². The van der Waals surface area contributed by atoms with Crippen molar-refractivity contribution < 1.29 is 14.3 Å². The Hall–Kier alpha value is -3.15. The normalized spacial score (nSPS) is 14.7. The van der Waals surface area contributed by atoms with Gasteiger partial charge in [0.2, 0.25) is 5.91 Å². The summed E-state index contributed by atoms with van der Waals surface area (Å²) in [5, 5.41) is 7.07. The van der Waals surface area contributed by atoms with E-state index < -0.39 is 6.10 Å². The molecule has 0 aliphatic carbocycles. The number of ether oxygens (including phenoxy) is 1. The maximum atomic E-state index is 12.4. The Balaban J connectivity index is 1.64. The average molecular weight is 379 g/mol. The standard InChI is InChI=1S/C22H25N3O3/c1-13-6-5-7-20(14(13)2)28-16(4)22(27)25-24-15(3)17-8-10-19-18(12-17)9-11-21(26)23-19/h5-8,10,12,16H,9,11H2,1-4H3,(H,23,26)(H,25,27)/b24-15+. The zero-order valence-corrected chi connectivity index (χ0v) is 16.6. The number of benzene rings is 2. The van der Waals surface area contributed by atoms with Gasteiger partial charge in [0.1, 0.15) is 5.75 Å². The van der Waals surface area contributed by atoms with E-state index in [0.29, 0.717) is 24.3 Å². The van der Waals surface area contributed by atoms with Gasteiger partial charge in [-0.05, 0) is 74.6 Å². The minimum atomic E-state index is -0.671. The summed E-state index contributed by atoms with van der Waals surface area (Å²) >= 11 is 0. The number of hydrazone groups is 1. The molecule has 3 rings (SSSR count). The molecule has 2 aromatic carbocycles. The van der Waals surface area contributed by atoms with Crippen LogP contribution in [-0.4, -0.2) is 23.6 Å². The summed E-state index contributed by atoms with van der Waals surface area (Å²) in [6.07, 6.45) is 0.516. The van der Waals surface area contributed by atoms with E-state index in [2.05, 4.69) is 15.8 Å². The van der Waals surface area contributed by atoms with Crippen molar-refractivity contribution in [3.05, 3.63) is 58.7 Å². The third kappa shape index (κ3) is 4.39. The fourth-order valence-corrected chi connectivity index (χ4v) is 3.00. The molecule has 0 saturated carbocycles. The van der Waals surface area contributed by atoms with Crippen LogP contribution in [0.4, 0.5) is 5.69 Å². The highest BCUT2D eigenvalue weighted by Crippen LogP contribution is 2.24. The first-order chi connectivity index (χ1) is 13.3. The van der Waals surface area contributed by atoms with Gasteiger partial charge in [-0.3, -0.25) is 9.59 Å². The summed E-state index contributed by atoms with van der Waals surface area (Å²) in [5.41, 5.74) is 8.21. The first-order valence-electron chi connectivity index (χ1n) is 9.35. The Morgan fingerprint density at radius 1 is 1.21 bits per heavy atom. The van der Waals surface area contributed by atoms with Gasteiger partial charge >= 0.3 is 0 Å². The van der Waals surface area contributed by atoms with E-state index >= 15 is 0 Å². The maximum absolute atomic E-state index is 12.4. The monoisotopic (exact) mass is 379 g/mol. The molecule has 28 heavy (non-hydrogen) atoms. The maximum Gasteiger partial charge on any atom is 0.280 e. The summed E-state index contributed by atoms with van der Waals surface area (Å²) in [6, 6.07) is 11.5. The Morgan fingerprint density at radius 3 is 2.79 bits per heavy atom. The van der Waals surface area contributed by atoms with Gasteiger partial charge in [0.05, 0.1) is 5.71 Å². The lowest BCUT2D eigenvalue weighted by molar-refractivity contribution is -0.127. The van der Waals surface area contributed by atoms with Gasteiger partial charge in [0.15, 0.2) is 6.10 Å². The van der Waals surface area contributed by atoms with E-state index in [4.69, 9.17) is 4.74 Å². The molecule has 0 bridgehead atoms. The van der Waals surface area contributed by atoms with Crippen molar-refractivity contribution in [1.29, 1.82) is 0 Å². The summed E-state index contributed by atoms with van der Waals surface area (Å²) < 4.78 is 5.79. The predicted octanol–water partition coefficient (Wildman–Crippen LogP) is 3.50. The van der Waals surface area contributed by atoms with Crippen molar-refractivity contribution in [2.45, 2.75) is 46.6 Å². The molecule has 0 fully saturated rings. The third-order valence-electron chi connectivity index (χ3n) is 4.98. The van der Waals surface area contributed by atoms with Crippen LogP contribution < -0.4 is 15.5 Å². The van der Waals surface area contributed by atoms with Gasteiger partial charge < -0.3 is 10.1 Å². The number of rotatable bonds is 5. The highest BCUT2D eigenvalue weighted by Gasteiger charge is 2.17. The zero-order chi connectivity index (χ0) is 20.3. The SMILES string of the molecule is C/C(=N\NC(=O)C(C)Oc1cccc(C)c1C)c1ccc2c(c1)CCC(=O)N2. The zero-order valence-electron chi connectivity index (χ0n) is 16.6. The number of carbonyl (C=O) groups excluding carboxylic acids is 2. The van der Waals surface area contributed by atoms with Gasteiger partial charge in [-0.25, -0.2) is 5.43 Å². The van der Waals surface area contributed by atoms with Gasteiger partial charge in [-0.1, -0.05) is 18.2 Å². The second-order valence-electron chi connectivity index (χ2n) is 7.05. The summed E-state index contributed by atoms with van der Waals surface area (Å²) in [7, 11) is 0. The average Bonchev–Trinajstić information content (AvgIpc) is 2.68. The highest BCUT2D eigenvalue weighted by atomic mass is 16.5. The van der Waals surface area contributed by atoms with Gasteiger partial charge in [-0.15, -0.1) is 0 Å². The van der Waals surface area contributed by atoms with Crippen molar-refractivity contribution in [3.8, 4) is 5.75 Å². The molecule has 6 nitrogen and oxygen atoms in total. The molecule has 0 saturated heterocycles. The minimum absolute atomic E-state index is 0.0377. The van der Waals surface area contributed by atoms with Crippen LogP contribution in [0.1, 0.15) is 42.5 Å². The van der Waals surface area contributed by atoms with E-state index in [1.165, 1.54) is 0 Å². The molecule has 2 aromatic rings. The first kappa shape index (κ1) is 19.6. The Kier molecular flexibility index (Phi) is 5.78. The molecule has 1 aliphatic heterocycles. The van der Waals surface area contributed by atoms with Crippen LogP contribution >= 0.6 is 0 Å². The van der Waals surface area contributed by atoms with Crippen LogP contribution in [0.3, 0.4) is 0 Å². The van der Waals surface area contributed by atoms with E-state index in [1.54, 1.807) is 6.92 Å². The summed E-state index contributed by atoms with van der Waals surface area (Å²) in [6.45, 7) is 7.50. The van der Waals surface area contributed by atoms with Gasteiger partial charge in [0, 0.05) is 12.1 Å². The van der Waals surface area contributed by atoms with Crippen LogP contribution in [0.5, 0.6) is 5.75 Å². The molecular weight excluding hydrogens is 354 g/mol. The molecule has 0 aromatic heterocycles. The molecular formula is C22H25N3O3. The van der Waals surface area contributed by atoms with Crippen molar-refractivity contribution in [2.75, 3.05) is 5.32 Å². The van der Waals surface area contributed by atoms with E-state index in [0.717, 1.165) is 27.9 Å². The van der Waals surface area contributed by atoms with Crippen LogP contribution in [0.25, 0.3) is 0 Å². The lowest BCUT2D eigenvalue weighted by atomic mass is 9.99. The van der Waals surface area contributed by atoms with Crippen molar-refractivity contribution in [3.63, 3.8) is 0 Å². The van der Waals surface area contributed by atoms with Gasteiger partial charge in [0.25, 0.3) is 5.91 Å². The van der Waals surface area contributed by atoms with E-state index in [-0.39, 0.29) is 11.8 Å². The summed E-state index contributed by atoms with van der Waals surface area (Å²) in [5.74, 6) is 0.418. The number of nitrogens with one attached hydrogen (secondary N) is 2. The van der Waals surface area contributed by atoms with Crippen molar-refractivity contribution in [2.24, 2.45) is 5.10 Å². The molecule has 146 valence electrons. The minimum Gasteiger partial charge on any atom is -0.481 e. The molecule has 1 aliphatic rings. The van der Waals surface area contributed by atoms with Gasteiger partial charge in [-0.2, -0.15) is 5.10 Å². The molecule has 2 N–H and O–H groups in total. The topological polar surface area (TPSA) is 79.8 Å². The number of hydrogen-bond acceptors (Lipinski definition) is 4. The molecule has 0 radical (unpaired) electrons. The number of aryl methyl sites for hydroxylation is 2. The van der Waals surface area contributed by atoms with Crippen LogP contribution in [0.2, 0.25) is 0 Å². The second kappa shape index (κ2) is 8.25. The molecule has 6 heteroatoms. The number of carbonyl (C=O) groups is 2. The van der Waals surface area contributed by atoms with Crippen molar-refractivity contribution in [1.82, 2.24) is 5.43 Å². The number of amides is 2. The third-order valence-corrected chi connectivity index (χ3v) is 4.98. The van der Waals surface area contributed by atoms with E-state index in [9.17, 15) is 9.59 Å². The molecule has 1 atom stereocenters. The molecule has 0 spiro atoms. The number of nitrogens with zero attached hydrogens (tertiary/aromatic N) is 1. The fraction of sp³-hybridized carbons (Fsp3) is 0.318. The lowest BCUT2D eigenvalue weighted by Crippen LogP contribution is -2.34. The lowest BCUT2D eigenvalue weighted by Gasteiger charge is -2.18. The smallest absolute Gasteiger partial charge is 0.280 e. The number of fused-ring (bicyclic) bond motifs is 1.